The van der Waals surface area contributed by atoms with Gasteiger partial charge in [0.2, 0.25) is 0 Å². The topological polar surface area (TPSA) is 70.5 Å². The van der Waals surface area contributed by atoms with E-state index in [4.69, 9.17) is 20.9 Å². The number of ether oxygens (including phenoxy) is 2. The van der Waals surface area contributed by atoms with Gasteiger partial charge < -0.3 is 20.9 Å². The molecular weight excluding hydrogens is 632 g/mol. The second kappa shape index (κ2) is 11.5. The third-order valence-electron chi connectivity index (χ3n) is 4.63. The maximum absolute atomic E-state index is 5.87. The first-order valence-electron chi connectivity index (χ1n) is 9.37. The zero-order valence-corrected chi connectivity index (χ0v) is 22.9. The largest absolute Gasteiger partial charge is 0.491 e. The standard InChI is InChI=1S/C21H26Br4N2O2/c1-21(2,13-9-15(22)19(16(23)10-13)28-7-3-5-26)14-11-17(24)20(18(25)12-14)29-8-4-6-27/h9-12H,3-8,26-27H2,1-2H3. The van der Waals surface area contributed by atoms with Gasteiger partial charge in [-0.1, -0.05) is 13.8 Å². The van der Waals surface area contributed by atoms with Crippen molar-refractivity contribution in [3.05, 3.63) is 53.3 Å². The maximum atomic E-state index is 5.87. The van der Waals surface area contributed by atoms with E-state index < -0.39 is 0 Å². The van der Waals surface area contributed by atoms with Crippen LogP contribution in [0.5, 0.6) is 11.5 Å². The van der Waals surface area contributed by atoms with Crippen LogP contribution in [-0.2, 0) is 5.41 Å². The van der Waals surface area contributed by atoms with Gasteiger partial charge in [-0.25, -0.2) is 0 Å². The first-order valence-corrected chi connectivity index (χ1v) is 12.5. The second-order valence-corrected chi connectivity index (χ2v) is 10.6. The highest BCUT2D eigenvalue weighted by Gasteiger charge is 2.27. The van der Waals surface area contributed by atoms with Gasteiger partial charge in [-0.3, -0.25) is 0 Å². The van der Waals surface area contributed by atoms with Crippen LogP contribution in [0.4, 0.5) is 0 Å². The number of halogens is 4. The van der Waals surface area contributed by atoms with Crippen molar-refractivity contribution >= 4 is 63.7 Å². The molecule has 0 aliphatic rings. The van der Waals surface area contributed by atoms with Gasteiger partial charge in [-0.2, -0.15) is 0 Å². The molecule has 8 heteroatoms. The van der Waals surface area contributed by atoms with Gasteiger partial charge in [-0.15, -0.1) is 0 Å². The Bertz CT molecular complexity index is 730. The lowest BCUT2D eigenvalue weighted by Crippen LogP contribution is -2.19. The minimum atomic E-state index is -0.248. The molecule has 0 bridgehead atoms. The highest BCUT2D eigenvalue weighted by atomic mass is 79.9. The van der Waals surface area contributed by atoms with Gasteiger partial charge in [0.05, 0.1) is 31.1 Å². The van der Waals surface area contributed by atoms with E-state index in [1.54, 1.807) is 0 Å². The lowest BCUT2D eigenvalue weighted by atomic mass is 9.78. The Kier molecular flexibility index (Phi) is 9.96. The average molecular weight is 658 g/mol. The van der Waals surface area contributed by atoms with Crippen LogP contribution in [0.15, 0.2) is 42.2 Å². The zero-order chi connectivity index (χ0) is 21.6. The fourth-order valence-corrected chi connectivity index (χ4v) is 5.63. The van der Waals surface area contributed by atoms with Crippen molar-refractivity contribution < 1.29 is 9.47 Å². The van der Waals surface area contributed by atoms with Crippen molar-refractivity contribution in [2.24, 2.45) is 11.5 Å². The summed E-state index contributed by atoms with van der Waals surface area (Å²) in [4.78, 5) is 0. The number of nitrogens with two attached hydrogens (primary N) is 2. The van der Waals surface area contributed by atoms with Crippen molar-refractivity contribution in [1.29, 1.82) is 0 Å². The molecule has 0 saturated heterocycles. The summed E-state index contributed by atoms with van der Waals surface area (Å²) in [5.74, 6) is 1.59. The predicted molar refractivity (Wildman–Crippen MR) is 134 cm³/mol. The summed E-state index contributed by atoms with van der Waals surface area (Å²) in [5, 5.41) is 0. The van der Waals surface area contributed by atoms with E-state index >= 15 is 0 Å². The van der Waals surface area contributed by atoms with Crippen molar-refractivity contribution in [2.75, 3.05) is 26.3 Å². The quantitative estimate of drug-likeness (QED) is 0.286. The maximum Gasteiger partial charge on any atom is 0.147 e. The van der Waals surface area contributed by atoms with Gasteiger partial charge in [-0.05, 0) is 125 Å². The third-order valence-corrected chi connectivity index (χ3v) is 6.99. The van der Waals surface area contributed by atoms with Gasteiger partial charge in [0, 0.05) is 5.41 Å². The van der Waals surface area contributed by atoms with Crippen LogP contribution in [0.3, 0.4) is 0 Å². The van der Waals surface area contributed by atoms with Gasteiger partial charge in [0.15, 0.2) is 0 Å². The summed E-state index contributed by atoms with van der Waals surface area (Å²) in [6.07, 6.45) is 1.63. The van der Waals surface area contributed by atoms with E-state index in [2.05, 4.69) is 102 Å². The minimum absolute atomic E-state index is 0.248. The normalized spacial score (nSPS) is 11.6. The average Bonchev–Trinajstić information content (AvgIpc) is 2.65. The molecule has 0 spiro atoms. The van der Waals surface area contributed by atoms with Crippen molar-refractivity contribution in [3.63, 3.8) is 0 Å². The van der Waals surface area contributed by atoms with Crippen molar-refractivity contribution in [3.8, 4) is 11.5 Å². The molecule has 0 heterocycles. The molecule has 0 radical (unpaired) electrons. The summed E-state index contributed by atoms with van der Waals surface area (Å²) in [5.41, 5.74) is 13.2. The molecule has 4 nitrogen and oxygen atoms in total. The molecule has 0 unspecified atom stereocenters. The molecule has 0 amide bonds. The first kappa shape index (κ1) is 25.1. The van der Waals surface area contributed by atoms with Crippen LogP contribution in [0, 0.1) is 0 Å². The molecule has 160 valence electrons. The van der Waals surface area contributed by atoms with E-state index in [9.17, 15) is 0 Å². The SMILES string of the molecule is CC(C)(c1cc(Br)c(OCCCN)c(Br)c1)c1cc(Br)c(OCCCN)c(Br)c1. The molecule has 2 aromatic carbocycles. The van der Waals surface area contributed by atoms with Crippen molar-refractivity contribution in [2.45, 2.75) is 32.1 Å². The molecule has 4 N–H and O–H groups in total. The number of benzene rings is 2. The highest BCUT2D eigenvalue weighted by Crippen LogP contribution is 2.44. The van der Waals surface area contributed by atoms with Gasteiger partial charge >= 0.3 is 0 Å². The molecule has 0 aromatic heterocycles. The molecule has 2 rings (SSSR count). The van der Waals surface area contributed by atoms with E-state index in [1.165, 1.54) is 0 Å². The Morgan fingerprint density at radius 2 is 1.00 bits per heavy atom. The Labute approximate surface area is 206 Å². The van der Waals surface area contributed by atoms with Crippen molar-refractivity contribution in [1.82, 2.24) is 0 Å². The van der Waals surface area contributed by atoms with Crippen LogP contribution in [0.2, 0.25) is 0 Å². The van der Waals surface area contributed by atoms with Gasteiger partial charge in [0.25, 0.3) is 0 Å². The van der Waals surface area contributed by atoms with Crippen LogP contribution in [0.1, 0.15) is 37.8 Å². The molecule has 0 aliphatic carbocycles. The van der Waals surface area contributed by atoms with E-state index in [0.29, 0.717) is 26.3 Å². The van der Waals surface area contributed by atoms with E-state index in [1.807, 2.05) is 0 Å². The molecule has 0 aliphatic heterocycles. The lowest BCUT2D eigenvalue weighted by Gasteiger charge is -2.28. The molecular formula is C21H26Br4N2O2. The summed E-state index contributed by atoms with van der Waals surface area (Å²) >= 11 is 14.6. The van der Waals surface area contributed by atoms with E-state index in [-0.39, 0.29) is 5.41 Å². The number of hydrogen-bond acceptors (Lipinski definition) is 4. The number of hydrogen-bond donors (Lipinski definition) is 2. The fraction of sp³-hybridized carbons (Fsp3) is 0.429. The lowest BCUT2D eigenvalue weighted by molar-refractivity contribution is 0.309. The Morgan fingerprint density at radius 1 is 0.690 bits per heavy atom. The van der Waals surface area contributed by atoms with E-state index in [0.717, 1.165) is 53.4 Å². The molecule has 2 aromatic rings. The van der Waals surface area contributed by atoms with Crippen LogP contribution < -0.4 is 20.9 Å². The summed E-state index contributed by atoms with van der Waals surface area (Å²) in [6.45, 7) is 6.77. The highest BCUT2D eigenvalue weighted by molar-refractivity contribution is 9.11. The molecule has 0 atom stereocenters. The van der Waals surface area contributed by atoms with Crippen LogP contribution >= 0.6 is 63.7 Å². The Hall–Kier alpha value is -0.120. The third kappa shape index (κ3) is 6.43. The van der Waals surface area contributed by atoms with Gasteiger partial charge in [0.1, 0.15) is 11.5 Å². The zero-order valence-electron chi connectivity index (χ0n) is 16.5. The minimum Gasteiger partial charge on any atom is -0.491 e. The number of rotatable bonds is 10. The summed E-state index contributed by atoms with van der Waals surface area (Å²) in [7, 11) is 0. The summed E-state index contributed by atoms with van der Waals surface area (Å²) in [6, 6.07) is 8.43. The first-order chi connectivity index (χ1) is 13.7. The van der Waals surface area contributed by atoms with Crippen LogP contribution in [-0.4, -0.2) is 26.3 Å². The molecule has 0 saturated carbocycles. The fourth-order valence-electron chi connectivity index (χ4n) is 2.80. The monoisotopic (exact) mass is 654 g/mol. The smallest absolute Gasteiger partial charge is 0.147 e. The molecule has 0 fully saturated rings. The predicted octanol–water partition coefficient (Wildman–Crippen LogP) is 6.52. The Morgan fingerprint density at radius 3 is 1.28 bits per heavy atom. The molecule has 29 heavy (non-hydrogen) atoms. The Balaban J connectivity index is 2.34. The summed E-state index contributed by atoms with van der Waals surface area (Å²) < 4.78 is 15.4. The second-order valence-electron chi connectivity index (χ2n) is 7.14. The van der Waals surface area contributed by atoms with Crippen LogP contribution in [0.25, 0.3) is 0 Å².